The molecule has 0 N–H and O–H groups in total. The zero-order valence-corrected chi connectivity index (χ0v) is 32.3. The van der Waals surface area contributed by atoms with Crippen molar-refractivity contribution in [2.75, 3.05) is 6.61 Å². The molecule has 0 aliphatic rings. The fourth-order valence-corrected chi connectivity index (χ4v) is 14.0. The van der Waals surface area contributed by atoms with Crippen molar-refractivity contribution in [3.05, 3.63) is 101 Å². The first-order chi connectivity index (χ1) is 21.7. The van der Waals surface area contributed by atoms with Crippen LogP contribution in [0.4, 0.5) is 0 Å². The molecule has 0 radical (unpaired) electrons. The molecule has 4 nitrogen and oxygen atoms in total. The minimum absolute atomic E-state index is 0.380. The Morgan fingerprint density at radius 1 is 0.761 bits per heavy atom. The summed E-state index contributed by atoms with van der Waals surface area (Å²) in [6, 6.07) is 10.8. The van der Waals surface area contributed by atoms with Crippen molar-refractivity contribution < 1.29 is 17.3 Å². The molecule has 2 aromatic rings. The number of hydrogen-bond acceptors (Lipinski definition) is 4. The van der Waals surface area contributed by atoms with E-state index in [9.17, 15) is 8.42 Å². The largest absolute Gasteiger partial charge is 0.472 e. The second-order valence-electron chi connectivity index (χ2n) is 14.1. The fraction of sp³-hybridized carbons (Fsp3) is 0.550. The lowest BCUT2D eigenvalue weighted by atomic mass is 10.0. The Kier molecular flexibility index (Phi) is 16.8. The van der Waals surface area contributed by atoms with Crippen LogP contribution in [0.15, 0.2) is 105 Å². The highest BCUT2D eigenvalue weighted by Gasteiger charge is 2.44. The lowest BCUT2D eigenvalue weighted by Crippen LogP contribution is -2.48. The Hall–Kier alpha value is -2.41. The number of hydrogen-bond donors (Lipinski definition) is 0. The molecule has 2 rings (SSSR count). The normalized spacial score (nSPS) is 15.0. The van der Waals surface area contributed by atoms with Crippen molar-refractivity contribution >= 4 is 18.2 Å². The van der Waals surface area contributed by atoms with E-state index in [1.165, 1.54) is 11.1 Å². The van der Waals surface area contributed by atoms with E-state index in [4.69, 9.17) is 8.84 Å². The van der Waals surface area contributed by atoms with Crippen LogP contribution in [-0.4, -0.2) is 28.6 Å². The molecule has 0 bridgehead atoms. The first-order valence-electron chi connectivity index (χ1n) is 17.3. The third-order valence-electron chi connectivity index (χ3n) is 9.29. The molecule has 6 heteroatoms. The Morgan fingerprint density at radius 2 is 1.33 bits per heavy atom. The van der Waals surface area contributed by atoms with Gasteiger partial charge in [0, 0.05) is 0 Å². The molecule has 1 atom stereocenters. The van der Waals surface area contributed by atoms with Crippen molar-refractivity contribution in [3.8, 4) is 0 Å². The zero-order valence-electron chi connectivity index (χ0n) is 30.4. The minimum Gasteiger partial charge on any atom is -0.472 e. The average Bonchev–Trinajstić information content (AvgIpc) is 3.50. The van der Waals surface area contributed by atoms with Gasteiger partial charge in [0.15, 0.2) is 9.84 Å². The van der Waals surface area contributed by atoms with Gasteiger partial charge in [0.05, 0.1) is 29.3 Å². The van der Waals surface area contributed by atoms with Gasteiger partial charge in [0.25, 0.3) is 0 Å². The standard InChI is InChI=1S/C40H62O4SSi/c1-31(2)46(32(3)4,33(5)6)44-29-37(10)21-15-18-34(7)17-14-19-35(8)27-40(45(41,42)39-23-12-11-13-24-39)28-36(9)20-16-22-38-25-26-43-30-38/h11-13,17,20-21,23-27,30-33,40H,14-16,18-19,22,28-29H2,1-10H3. The van der Waals surface area contributed by atoms with Crippen LogP contribution in [-0.2, 0) is 20.7 Å². The van der Waals surface area contributed by atoms with E-state index in [2.05, 4.69) is 80.5 Å². The number of allylic oxidation sites excluding steroid dienone is 6. The Labute approximate surface area is 283 Å². The molecule has 0 aliphatic carbocycles. The van der Waals surface area contributed by atoms with Crippen LogP contribution < -0.4 is 0 Å². The van der Waals surface area contributed by atoms with Gasteiger partial charge in [0.2, 0.25) is 8.32 Å². The van der Waals surface area contributed by atoms with Crippen molar-refractivity contribution in [2.24, 2.45) is 0 Å². The summed E-state index contributed by atoms with van der Waals surface area (Å²) in [6.07, 6.45) is 18.3. The maximum Gasteiger partial charge on any atom is 0.200 e. The highest BCUT2D eigenvalue weighted by Crippen LogP contribution is 2.42. The number of rotatable bonds is 20. The van der Waals surface area contributed by atoms with Gasteiger partial charge in [-0.15, -0.1) is 0 Å². The van der Waals surface area contributed by atoms with E-state index in [1.54, 1.807) is 36.8 Å². The number of sulfone groups is 1. The summed E-state index contributed by atoms with van der Waals surface area (Å²) in [6.45, 7) is 23.3. The predicted molar refractivity (Wildman–Crippen MR) is 200 cm³/mol. The maximum atomic E-state index is 13.7. The second kappa shape index (κ2) is 19.4. The highest BCUT2D eigenvalue weighted by atomic mass is 32.2. The SMILES string of the molecule is CC(=CCCC(C)=CC(CC(C)=CCCc1ccoc1)S(=O)(=O)c1ccccc1)CCC=C(C)CO[Si](C(C)C)(C(C)C)C(C)C. The molecule has 0 fully saturated rings. The fourth-order valence-electron chi connectivity index (χ4n) is 6.76. The summed E-state index contributed by atoms with van der Waals surface area (Å²) in [4.78, 5) is 0.380. The monoisotopic (exact) mass is 666 g/mol. The smallest absolute Gasteiger partial charge is 0.200 e. The van der Waals surface area contributed by atoms with E-state index in [1.807, 2.05) is 25.1 Å². The van der Waals surface area contributed by atoms with Gasteiger partial charge in [-0.1, -0.05) is 106 Å². The maximum absolute atomic E-state index is 13.7. The molecule has 1 aromatic carbocycles. The topological polar surface area (TPSA) is 56.5 Å². The molecular formula is C40H62O4SSi. The lowest BCUT2D eigenvalue weighted by molar-refractivity contribution is 0.307. The van der Waals surface area contributed by atoms with Crippen LogP contribution in [0, 0.1) is 0 Å². The van der Waals surface area contributed by atoms with E-state index in [-0.39, 0.29) is 0 Å². The van der Waals surface area contributed by atoms with Crippen LogP contribution in [0.25, 0.3) is 0 Å². The molecule has 1 heterocycles. The lowest BCUT2D eigenvalue weighted by Gasteiger charge is -2.42. The van der Waals surface area contributed by atoms with E-state index >= 15 is 0 Å². The molecule has 0 aliphatic heterocycles. The van der Waals surface area contributed by atoms with Crippen LogP contribution in [0.1, 0.15) is 113 Å². The van der Waals surface area contributed by atoms with Gasteiger partial charge in [-0.2, -0.15) is 0 Å². The molecule has 0 spiro atoms. The molecule has 1 aromatic heterocycles. The van der Waals surface area contributed by atoms with Gasteiger partial charge in [-0.3, -0.25) is 0 Å². The van der Waals surface area contributed by atoms with E-state index in [0.29, 0.717) is 27.9 Å². The van der Waals surface area contributed by atoms with Crippen LogP contribution >= 0.6 is 0 Å². The summed E-state index contributed by atoms with van der Waals surface area (Å²) < 4.78 is 39.4. The quantitative estimate of drug-likeness (QED) is 0.104. The number of furan rings is 1. The van der Waals surface area contributed by atoms with Crippen molar-refractivity contribution in [1.82, 2.24) is 0 Å². The molecule has 256 valence electrons. The predicted octanol–water partition coefficient (Wildman–Crippen LogP) is 12.0. The van der Waals surface area contributed by atoms with Crippen molar-refractivity contribution in [1.29, 1.82) is 0 Å². The molecule has 46 heavy (non-hydrogen) atoms. The Balaban J connectivity index is 2.00. The first kappa shape index (κ1) is 39.8. The summed E-state index contributed by atoms with van der Waals surface area (Å²) in [7, 11) is -5.36. The molecule has 0 amide bonds. The zero-order chi connectivity index (χ0) is 34.3. The summed E-state index contributed by atoms with van der Waals surface area (Å²) in [5, 5.41) is -0.593. The third-order valence-corrected chi connectivity index (χ3v) is 17.4. The van der Waals surface area contributed by atoms with Gasteiger partial charge in [0.1, 0.15) is 0 Å². The third kappa shape index (κ3) is 12.3. The first-order valence-corrected chi connectivity index (χ1v) is 21.0. The van der Waals surface area contributed by atoms with Gasteiger partial charge in [-0.25, -0.2) is 8.42 Å². The molecule has 0 saturated carbocycles. The number of benzene rings is 1. The van der Waals surface area contributed by atoms with Gasteiger partial charge in [-0.05, 0) is 113 Å². The summed E-state index contributed by atoms with van der Waals surface area (Å²) >= 11 is 0. The van der Waals surface area contributed by atoms with Gasteiger partial charge >= 0.3 is 0 Å². The average molecular weight is 667 g/mol. The number of aryl methyl sites for hydroxylation is 1. The van der Waals surface area contributed by atoms with Crippen LogP contribution in [0.2, 0.25) is 16.6 Å². The van der Waals surface area contributed by atoms with Crippen molar-refractivity contribution in [3.63, 3.8) is 0 Å². The second-order valence-corrected chi connectivity index (χ2v) is 21.7. The summed E-state index contributed by atoms with van der Waals surface area (Å²) in [5.41, 5.74) is 7.83. The molecule has 0 saturated heterocycles. The van der Waals surface area contributed by atoms with Crippen molar-refractivity contribution in [2.45, 2.75) is 141 Å². The highest BCUT2D eigenvalue weighted by molar-refractivity contribution is 7.92. The van der Waals surface area contributed by atoms with E-state index < -0.39 is 23.4 Å². The van der Waals surface area contributed by atoms with E-state index in [0.717, 1.165) is 61.8 Å². The summed E-state index contributed by atoms with van der Waals surface area (Å²) in [5.74, 6) is 0. The van der Waals surface area contributed by atoms with Crippen LogP contribution in [0.3, 0.4) is 0 Å². The molecular weight excluding hydrogens is 605 g/mol. The minimum atomic E-state index is -3.51. The Bertz CT molecular complexity index is 1370. The molecule has 1 unspecified atom stereocenters. The van der Waals surface area contributed by atoms with Crippen LogP contribution in [0.5, 0.6) is 0 Å². The van der Waals surface area contributed by atoms with Gasteiger partial charge < -0.3 is 8.84 Å². The Morgan fingerprint density at radius 3 is 1.89 bits per heavy atom.